The smallest absolute Gasteiger partial charge is 0.0157 e. The first kappa shape index (κ1) is 17.3. The second-order valence-electron chi connectivity index (χ2n) is 6.19. The molecule has 0 aliphatic heterocycles. The first-order valence-corrected chi connectivity index (χ1v) is 8.82. The molecule has 114 valence electrons. The van der Waals surface area contributed by atoms with Crippen molar-refractivity contribution in [2.24, 2.45) is 0 Å². The molecule has 20 heavy (non-hydrogen) atoms. The highest BCUT2D eigenvalue weighted by molar-refractivity contribution is 5.37. The third kappa shape index (κ3) is 5.31. The Hall–Kier alpha value is -0.780. The molecule has 1 rings (SSSR count). The lowest BCUT2D eigenvalue weighted by Crippen LogP contribution is -2.05. The molecular weight excluding hydrogens is 240 g/mol. The van der Waals surface area contributed by atoms with Gasteiger partial charge in [-0.25, -0.2) is 0 Å². The fraction of sp³-hybridized carbons (Fsp3) is 0.700. The van der Waals surface area contributed by atoms with E-state index in [4.69, 9.17) is 0 Å². The molecule has 0 aliphatic carbocycles. The fourth-order valence-electron chi connectivity index (χ4n) is 3.41. The largest absolute Gasteiger partial charge is 0.0654 e. The molecule has 1 aromatic carbocycles. The number of benzene rings is 1. The van der Waals surface area contributed by atoms with Crippen LogP contribution in [-0.2, 0) is 6.42 Å². The molecule has 0 heteroatoms. The first-order valence-electron chi connectivity index (χ1n) is 8.82. The third-order valence-corrected chi connectivity index (χ3v) is 4.50. The predicted molar refractivity (Wildman–Crippen MR) is 91.6 cm³/mol. The Morgan fingerprint density at radius 3 is 2.25 bits per heavy atom. The maximum Gasteiger partial charge on any atom is -0.0157 e. The molecule has 0 radical (unpaired) electrons. The van der Waals surface area contributed by atoms with Crippen LogP contribution in [0.1, 0.15) is 94.7 Å². The number of hydrogen-bond acceptors (Lipinski definition) is 0. The summed E-state index contributed by atoms with van der Waals surface area (Å²) in [7, 11) is 0. The van der Waals surface area contributed by atoms with Crippen molar-refractivity contribution in [1.29, 1.82) is 0 Å². The van der Waals surface area contributed by atoms with Crippen molar-refractivity contribution < 1.29 is 0 Å². The number of hydrogen-bond donors (Lipinski definition) is 0. The van der Waals surface area contributed by atoms with Gasteiger partial charge in [0.05, 0.1) is 0 Å². The van der Waals surface area contributed by atoms with E-state index in [2.05, 4.69) is 45.9 Å². The van der Waals surface area contributed by atoms with Crippen molar-refractivity contribution in [3.63, 3.8) is 0 Å². The Morgan fingerprint density at radius 1 is 0.850 bits per heavy atom. The standard InChI is InChI=1S/C20H34/c1-5-8-9-10-11-15-19(13-6-2)20-17(4)14-12-16-18(20)7-3/h12,14,16,19H,5-11,13,15H2,1-4H3. The van der Waals surface area contributed by atoms with Gasteiger partial charge in [-0.15, -0.1) is 0 Å². The zero-order valence-corrected chi connectivity index (χ0v) is 14.2. The minimum Gasteiger partial charge on any atom is -0.0654 e. The van der Waals surface area contributed by atoms with Crippen LogP contribution < -0.4 is 0 Å². The Labute approximate surface area is 127 Å². The normalized spacial score (nSPS) is 12.6. The minimum atomic E-state index is 0.790. The molecule has 0 fully saturated rings. The monoisotopic (exact) mass is 274 g/mol. The molecule has 0 nitrogen and oxygen atoms in total. The number of unbranched alkanes of at least 4 members (excludes halogenated alkanes) is 4. The molecule has 0 bridgehead atoms. The molecule has 1 unspecified atom stereocenters. The fourth-order valence-corrected chi connectivity index (χ4v) is 3.41. The van der Waals surface area contributed by atoms with Crippen LogP contribution in [0, 0.1) is 6.92 Å². The van der Waals surface area contributed by atoms with Gasteiger partial charge in [0.25, 0.3) is 0 Å². The summed E-state index contributed by atoms with van der Waals surface area (Å²) in [6.45, 7) is 9.21. The molecule has 0 N–H and O–H groups in total. The van der Waals surface area contributed by atoms with E-state index >= 15 is 0 Å². The summed E-state index contributed by atoms with van der Waals surface area (Å²) in [6, 6.07) is 6.86. The van der Waals surface area contributed by atoms with Crippen molar-refractivity contribution in [2.45, 2.75) is 91.4 Å². The topological polar surface area (TPSA) is 0 Å². The molecule has 1 aromatic rings. The van der Waals surface area contributed by atoms with Crippen LogP contribution in [0.4, 0.5) is 0 Å². The summed E-state index contributed by atoms with van der Waals surface area (Å²) in [4.78, 5) is 0. The van der Waals surface area contributed by atoms with Crippen LogP contribution in [0.15, 0.2) is 18.2 Å². The molecule has 0 heterocycles. The van der Waals surface area contributed by atoms with Crippen LogP contribution >= 0.6 is 0 Å². The van der Waals surface area contributed by atoms with Crippen LogP contribution in [0.5, 0.6) is 0 Å². The molecule has 0 spiro atoms. The Kier molecular flexibility index (Phi) is 8.65. The van der Waals surface area contributed by atoms with Crippen LogP contribution in [0.2, 0.25) is 0 Å². The number of aryl methyl sites for hydroxylation is 2. The molecule has 1 atom stereocenters. The van der Waals surface area contributed by atoms with E-state index in [-0.39, 0.29) is 0 Å². The van der Waals surface area contributed by atoms with Crippen LogP contribution in [-0.4, -0.2) is 0 Å². The predicted octanol–water partition coefficient (Wildman–Crippen LogP) is 6.80. The highest BCUT2D eigenvalue weighted by Gasteiger charge is 2.15. The second-order valence-corrected chi connectivity index (χ2v) is 6.19. The van der Waals surface area contributed by atoms with E-state index in [9.17, 15) is 0 Å². The lowest BCUT2D eigenvalue weighted by Gasteiger charge is -2.22. The number of rotatable bonds is 10. The molecule has 0 saturated carbocycles. The summed E-state index contributed by atoms with van der Waals surface area (Å²) in [5, 5.41) is 0. The van der Waals surface area contributed by atoms with Gasteiger partial charge in [-0.3, -0.25) is 0 Å². The molecule has 0 amide bonds. The van der Waals surface area contributed by atoms with Gasteiger partial charge in [-0.2, -0.15) is 0 Å². The van der Waals surface area contributed by atoms with E-state index in [0.29, 0.717) is 0 Å². The SMILES string of the molecule is CCCCCCCC(CCC)c1c(C)cccc1CC. The van der Waals surface area contributed by atoms with Gasteiger partial charge in [0.15, 0.2) is 0 Å². The summed E-state index contributed by atoms with van der Waals surface area (Å²) in [5.74, 6) is 0.790. The Morgan fingerprint density at radius 2 is 1.60 bits per heavy atom. The van der Waals surface area contributed by atoms with Crippen molar-refractivity contribution in [1.82, 2.24) is 0 Å². The van der Waals surface area contributed by atoms with Crippen molar-refractivity contribution in [3.8, 4) is 0 Å². The van der Waals surface area contributed by atoms with E-state index in [1.807, 2.05) is 0 Å². The maximum atomic E-state index is 2.34. The van der Waals surface area contributed by atoms with Gasteiger partial charge in [0.1, 0.15) is 0 Å². The Bertz CT molecular complexity index is 364. The quantitative estimate of drug-likeness (QED) is 0.411. The van der Waals surface area contributed by atoms with E-state index in [1.165, 1.54) is 63.4 Å². The van der Waals surface area contributed by atoms with Gasteiger partial charge in [0.2, 0.25) is 0 Å². The average Bonchev–Trinajstić information content (AvgIpc) is 2.46. The van der Waals surface area contributed by atoms with Crippen molar-refractivity contribution >= 4 is 0 Å². The zero-order valence-electron chi connectivity index (χ0n) is 14.2. The first-order chi connectivity index (χ1) is 9.74. The molecule has 0 aromatic heterocycles. The highest BCUT2D eigenvalue weighted by atomic mass is 14.2. The van der Waals surface area contributed by atoms with Crippen LogP contribution in [0.3, 0.4) is 0 Å². The van der Waals surface area contributed by atoms with Gasteiger partial charge in [0, 0.05) is 0 Å². The van der Waals surface area contributed by atoms with Crippen molar-refractivity contribution in [3.05, 3.63) is 34.9 Å². The maximum absolute atomic E-state index is 2.34. The van der Waals surface area contributed by atoms with Gasteiger partial charge < -0.3 is 0 Å². The molecule has 0 saturated heterocycles. The lowest BCUT2D eigenvalue weighted by atomic mass is 9.83. The lowest BCUT2D eigenvalue weighted by molar-refractivity contribution is 0.512. The summed E-state index contributed by atoms with van der Waals surface area (Å²) >= 11 is 0. The summed E-state index contributed by atoms with van der Waals surface area (Å²) in [6.07, 6.45) is 12.2. The van der Waals surface area contributed by atoms with E-state index in [0.717, 1.165) is 5.92 Å². The molecular formula is C20H34. The summed E-state index contributed by atoms with van der Waals surface area (Å²) in [5.41, 5.74) is 4.76. The molecule has 0 aliphatic rings. The van der Waals surface area contributed by atoms with Gasteiger partial charge in [-0.1, -0.05) is 77.5 Å². The van der Waals surface area contributed by atoms with Crippen LogP contribution in [0.25, 0.3) is 0 Å². The average molecular weight is 274 g/mol. The zero-order chi connectivity index (χ0) is 14.8. The van der Waals surface area contributed by atoms with E-state index in [1.54, 1.807) is 11.1 Å². The third-order valence-electron chi connectivity index (χ3n) is 4.50. The van der Waals surface area contributed by atoms with Crippen molar-refractivity contribution in [2.75, 3.05) is 0 Å². The van der Waals surface area contributed by atoms with E-state index < -0.39 is 0 Å². The van der Waals surface area contributed by atoms with Gasteiger partial charge >= 0.3 is 0 Å². The highest BCUT2D eigenvalue weighted by Crippen LogP contribution is 2.32. The van der Waals surface area contributed by atoms with Gasteiger partial charge in [-0.05, 0) is 48.8 Å². The minimum absolute atomic E-state index is 0.790. The Balaban J connectivity index is 2.70. The summed E-state index contributed by atoms with van der Waals surface area (Å²) < 4.78 is 0. The second kappa shape index (κ2) is 10.0.